The van der Waals surface area contributed by atoms with Gasteiger partial charge < -0.3 is 10.0 Å². The minimum absolute atomic E-state index is 0.169. The van der Waals surface area contributed by atoms with Crippen LogP contribution in [0.1, 0.15) is 23.6 Å². The third-order valence-corrected chi connectivity index (χ3v) is 4.75. The Hall–Kier alpha value is -2.87. The standard InChI is InChI=1S/C19H16F3N3O2/c20-19(21,22)12-5-3-4-11(8-12)16-9-13(26)10-25(16)18-23-15-7-2-1-6-14(15)17(27)24-18/h1-8,13,16,26H,9-10H2,(H,23,24,27)/t13-,16+/m1/s1. The Morgan fingerprint density at radius 3 is 2.70 bits per heavy atom. The molecule has 2 N–H and O–H groups in total. The molecule has 27 heavy (non-hydrogen) atoms. The molecular weight excluding hydrogens is 359 g/mol. The molecule has 0 amide bonds. The zero-order chi connectivity index (χ0) is 19.2. The number of nitrogens with zero attached hydrogens (tertiary/aromatic N) is 2. The summed E-state index contributed by atoms with van der Waals surface area (Å²) >= 11 is 0. The molecule has 2 aromatic carbocycles. The smallest absolute Gasteiger partial charge is 0.391 e. The number of hydrogen-bond donors (Lipinski definition) is 2. The second kappa shape index (κ2) is 6.38. The van der Waals surface area contributed by atoms with Gasteiger partial charge in [0.2, 0.25) is 5.95 Å². The van der Waals surface area contributed by atoms with Crippen molar-refractivity contribution < 1.29 is 18.3 Å². The van der Waals surface area contributed by atoms with Gasteiger partial charge in [0.05, 0.1) is 28.6 Å². The minimum atomic E-state index is -4.45. The number of fused-ring (bicyclic) bond motifs is 1. The summed E-state index contributed by atoms with van der Waals surface area (Å²) in [6, 6.07) is 11.3. The Bertz CT molecular complexity index is 1050. The number of aromatic amines is 1. The maximum atomic E-state index is 13.1. The largest absolute Gasteiger partial charge is 0.416 e. The molecule has 3 aromatic rings. The Balaban J connectivity index is 1.78. The predicted octanol–water partition coefficient (Wildman–Crippen LogP) is 3.25. The first kappa shape index (κ1) is 17.5. The highest BCUT2D eigenvalue weighted by Gasteiger charge is 2.36. The lowest BCUT2D eigenvalue weighted by Gasteiger charge is -2.25. The van der Waals surface area contributed by atoms with Gasteiger partial charge in [0.15, 0.2) is 0 Å². The van der Waals surface area contributed by atoms with Gasteiger partial charge >= 0.3 is 6.18 Å². The molecule has 1 aliphatic heterocycles. The number of aliphatic hydroxyl groups excluding tert-OH is 1. The van der Waals surface area contributed by atoms with Crippen molar-refractivity contribution in [2.75, 3.05) is 11.4 Å². The molecule has 0 spiro atoms. The number of alkyl halides is 3. The van der Waals surface area contributed by atoms with E-state index >= 15 is 0 Å². The Morgan fingerprint density at radius 1 is 1.15 bits per heavy atom. The van der Waals surface area contributed by atoms with Crippen molar-refractivity contribution in [3.63, 3.8) is 0 Å². The molecule has 1 aliphatic rings. The maximum Gasteiger partial charge on any atom is 0.416 e. The molecule has 1 saturated heterocycles. The van der Waals surface area contributed by atoms with Gasteiger partial charge in [-0.3, -0.25) is 9.78 Å². The van der Waals surface area contributed by atoms with Crippen LogP contribution in [-0.2, 0) is 6.18 Å². The normalized spacial score (nSPS) is 20.4. The third kappa shape index (κ3) is 3.28. The number of benzene rings is 2. The molecule has 4 rings (SSSR count). The van der Waals surface area contributed by atoms with Crippen molar-refractivity contribution >= 4 is 16.9 Å². The molecule has 140 valence electrons. The van der Waals surface area contributed by atoms with Crippen LogP contribution in [0, 0.1) is 0 Å². The molecule has 2 atom stereocenters. The van der Waals surface area contributed by atoms with Crippen LogP contribution in [-0.4, -0.2) is 27.7 Å². The molecule has 0 radical (unpaired) electrons. The monoisotopic (exact) mass is 375 g/mol. The summed E-state index contributed by atoms with van der Waals surface area (Å²) in [4.78, 5) is 21.1. The van der Waals surface area contributed by atoms with Gasteiger partial charge in [0.25, 0.3) is 5.56 Å². The van der Waals surface area contributed by atoms with Crippen LogP contribution in [0.5, 0.6) is 0 Å². The van der Waals surface area contributed by atoms with Gasteiger partial charge in [-0.2, -0.15) is 13.2 Å². The summed E-state index contributed by atoms with van der Waals surface area (Å²) in [6.07, 6.45) is -4.94. The Morgan fingerprint density at radius 2 is 1.93 bits per heavy atom. The van der Waals surface area contributed by atoms with E-state index in [1.165, 1.54) is 6.07 Å². The number of hydrogen-bond acceptors (Lipinski definition) is 4. The van der Waals surface area contributed by atoms with Crippen LogP contribution in [0.15, 0.2) is 53.3 Å². The van der Waals surface area contributed by atoms with E-state index in [0.29, 0.717) is 16.5 Å². The number of aromatic nitrogens is 2. The van der Waals surface area contributed by atoms with E-state index in [1.807, 2.05) is 0 Å². The fourth-order valence-electron chi connectivity index (χ4n) is 3.50. The van der Waals surface area contributed by atoms with Gasteiger partial charge in [-0.25, -0.2) is 4.98 Å². The summed E-state index contributed by atoms with van der Waals surface area (Å²) in [5, 5.41) is 10.5. The predicted molar refractivity (Wildman–Crippen MR) is 94.5 cm³/mol. The summed E-state index contributed by atoms with van der Waals surface area (Å²) in [7, 11) is 0. The molecule has 1 aromatic heterocycles. The number of H-pyrrole nitrogens is 1. The maximum absolute atomic E-state index is 13.1. The first-order valence-electron chi connectivity index (χ1n) is 8.44. The van der Waals surface area contributed by atoms with Gasteiger partial charge in [-0.05, 0) is 36.2 Å². The molecule has 0 saturated carbocycles. The van der Waals surface area contributed by atoms with Gasteiger partial charge in [-0.1, -0.05) is 24.3 Å². The lowest BCUT2D eigenvalue weighted by atomic mass is 10.0. The fraction of sp³-hybridized carbons (Fsp3) is 0.263. The number of β-amino-alcohol motifs (C(OH)–C–C–N with tert-alkyl or cyclic N) is 1. The highest BCUT2D eigenvalue weighted by atomic mass is 19.4. The molecular formula is C19H16F3N3O2. The number of anilines is 1. The van der Waals surface area contributed by atoms with Crippen LogP contribution in [0.4, 0.5) is 19.1 Å². The first-order chi connectivity index (χ1) is 12.8. The van der Waals surface area contributed by atoms with Gasteiger partial charge in [0.1, 0.15) is 0 Å². The second-order valence-corrected chi connectivity index (χ2v) is 6.59. The van der Waals surface area contributed by atoms with E-state index in [-0.39, 0.29) is 24.5 Å². The summed E-state index contributed by atoms with van der Waals surface area (Å²) in [5.74, 6) is 0.234. The molecule has 0 aliphatic carbocycles. The van der Waals surface area contributed by atoms with Crippen molar-refractivity contribution in [1.29, 1.82) is 0 Å². The summed E-state index contributed by atoms with van der Waals surface area (Å²) < 4.78 is 39.2. The minimum Gasteiger partial charge on any atom is -0.391 e. The van der Waals surface area contributed by atoms with Crippen molar-refractivity contribution in [2.24, 2.45) is 0 Å². The van der Waals surface area contributed by atoms with E-state index in [2.05, 4.69) is 9.97 Å². The van der Waals surface area contributed by atoms with E-state index in [0.717, 1.165) is 12.1 Å². The Kier molecular flexibility index (Phi) is 4.15. The molecule has 8 heteroatoms. The summed E-state index contributed by atoms with van der Waals surface area (Å²) in [6.45, 7) is 0.169. The zero-order valence-corrected chi connectivity index (χ0v) is 14.1. The van der Waals surface area contributed by atoms with Crippen molar-refractivity contribution in [1.82, 2.24) is 9.97 Å². The van der Waals surface area contributed by atoms with Crippen molar-refractivity contribution in [3.8, 4) is 0 Å². The molecule has 1 fully saturated rings. The highest BCUT2D eigenvalue weighted by Crippen LogP contribution is 2.37. The lowest BCUT2D eigenvalue weighted by molar-refractivity contribution is -0.137. The van der Waals surface area contributed by atoms with Gasteiger partial charge in [-0.15, -0.1) is 0 Å². The molecule has 0 unspecified atom stereocenters. The quantitative estimate of drug-likeness (QED) is 0.722. The zero-order valence-electron chi connectivity index (χ0n) is 14.1. The van der Waals surface area contributed by atoms with E-state index in [9.17, 15) is 23.1 Å². The van der Waals surface area contributed by atoms with Crippen LogP contribution < -0.4 is 10.5 Å². The second-order valence-electron chi connectivity index (χ2n) is 6.59. The summed E-state index contributed by atoms with van der Waals surface area (Å²) in [5.41, 5.74) is -0.182. The fourth-order valence-corrected chi connectivity index (χ4v) is 3.50. The van der Waals surface area contributed by atoms with Crippen molar-refractivity contribution in [3.05, 3.63) is 70.0 Å². The van der Waals surface area contributed by atoms with Gasteiger partial charge in [0, 0.05) is 6.54 Å². The number of aliphatic hydroxyl groups is 1. The van der Waals surface area contributed by atoms with Crippen molar-refractivity contribution in [2.45, 2.75) is 24.7 Å². The Labute approximate surface area is 152 Å². The van der Waals surface area contributed by atoms with E-state index in [4.69, 9.17) is 0 Å². The number of para-hydroxylation sites is 1. The third-order valence-electron chi connectivity index (χ3n) is 4.75. The first-order valence-corrected chi connectivity index (χ1v) is 8.44. The van der Waals surface area contributed by atoms with Crippen LogP contribution in [0.3, 0.4) is 0 Å². The van der Waals surface area contributed by atoms with Crippen LogP contribution in [0.25, 0.3) is 10.9 Å². The number of rotatable bonds is 2. The average Bonchev–Trinajstić information content (AvgIpc) is 3.03. The lowest BCUT2D eigenvalue weighted by Crippen LogP contribution is -2.28. The molecule has 0 bridgehead atoms. The van der Waals surface area contributed by atoms with Crippen LogP contribution >= 0.6 is 0 Å². The van der Waals surface area contributed by atoms with E-state index < -0.39 is 23.9 Å². The molecule has 2 heterocycles. The number of halogens is 3. The topological polar surface area (TPSA) is 69.2 Å². The molecule has 5 nitrogen and oxygen atoms in total. The SMILES string of the molecule is O=c1[nH]c(N2C[C@H](O)C[C@H]2c2cccc(C(F)(F)F)c2)nc2ccccc12. The highest BCUT2D eigenvalue weighted by molar-refractivity contribution is 5.78. The van der Waals surface area contributed by atoms with E-state index in [1.54, 1.807) is 35.2 Å². The van der Waals surface area contributed by atoms with Crippen LogP contribution in [0.2, 0.25) is 0 Å². The number of nitrogens with one attached hydrogen (secondary N) is 1. The average molecular weight is 375 g/mol.